The Kier molecular flexibility index (Phi) is 5.32. The van der Waals surface area contributed by atoms with Crippen molar-refractivity contribution < 1.29 is 14.2 Å². The first-order valence-corrected chi connectivity index (χ1v) is 9.32. The molecule has 1 atom stereocenters. The lowest BCUT2D eigenvalue weighted by molar-refractivity contribution is 0.0678. The van der Waals surface area contributed by atoms with Crippen LogP contribution in [0.5, 0.6) is 11.5 Å². The van der Waals surface area contributed by atoms with Crippen LogP contribution in [0.2, 0.25) is 0 Å². The van der Waals surface area contributed by atoms with E-state index < -0.39 is 0 Å². The molecule has 2 aliphatic rings. The van der Waals surface area contributed by atoms with Gasteiger partial charge in [-0.25, -0.2) is 9.97 Å². The minimum atomic E-state index is 0.305. The third-order valence-electron chi connectivity index (χ3n) is 4.81. The molecule has 0 amide bonds. The first-order chi connectivity index (χ1) is 12.8. The summed E-state index contributed by atoms with van der Waals surface area (Å²) in [5.74, 6) is 2.54. The van der Waals surface area contributed by atoms with Gasteiger partial charge in [0.05, 0.1) is 6.10 Å². The molecule has 1 saturated heterocycles. The van der Waals surface area contributed by atoms with E-state index in [2.05, 4.69) is 33.9 Å². The summed E-state index contributed by atoms with van der Waals surface area (Å²) >= 11 is 0. The molecule has 1 aromatic heterocycles. The summed E-state index contributed by atoms with van der Waals surface area (Å²) in [4.78, 5) is 11.3. The van der Waals surface area contributed by atoms with Gasteiger partial charge in [0, 0.05) is 50.6 Å². The van der Waals surface area contributed by atoms with Crippen molar-refractivity contribution in [2.24, 2.45) is 0 Å². The van der Waals surface area contributed by atoms with Crippen LogP contribution >= 0.6 is 0 Å². The van der Waals surface area contributed by atoms with E-state index in [0.29, 0.717) is 12.9 Å². The number of hydrogen-bond acceptors (Lipinski definition) is 6. The maximum atomic E-state index is 5.85. The second-order valence-corrected chi connectivity index (χ2v) is 6.85. The molecule has 1 aromatic carbocycles. The van der Waals surface area contributed by atoms with E-state index in [1.165, 1.54) is 5.56 Å². The summed E-state index contributed by atoms with van der Waals surface area (Å²) in [6.45, 7) is 5.78. The van der Waals surface area contributed by atoms with Crippen molar-refractivity contribution in [3.63, 3.8) is 0 Å². The van der Waals surface area contributed by atoms with Crippen molar-refractivity contribution >= 4 is 0 Å². The van der Waals surface area contributed by atoms with E-state index >= 15 is 0 Å². The zero-order valence-electron chi connectivity index (χ0n) is 15.2. The Morgan fingerprint density at radius 3 is 2.65 bits per heavy atom. The van der Waals surface area contributed by atoms with Gasteiger partial charge in [-0.1, -0.05) is 13.0 Å². The van der Waals surface area contributed by atoms with Crippen molar-refractivity contribution in [2.75, 3.05) is 19.9 Å². The molecule has 0 radical (unpaired) electrons. The topological polar surface area (TPSA) is 56.7 Å². The Bertz CT molecular complexity index is 730. The van der Waals surface area contributed by atoms with E-state index in [1.807, 2.05) is 18.5 Å². The molecule has 0 unspecified atom stereocenters. The normalized spacial score (nSPS) is 18.6. The highest BCUT2D eigenvalue weighted by Crippen LogP contribution is 2.33. The zero-order chi connectivity index (χ0) is 17.8. The molecule has 4 rings (SSSR count). The molecule has 6 nitrogen and oxygen atoms in total. The molecule has 0 spiro atoms. The van der Waals surface area contributed by atoms with Gasteiger partial charge in [-0.3, -0.25) is 4.90 Å². The number of aromatic nitrogens is 2. The number of benzene rings is 1. The summed E-state index contributed by atoms with van der Waals surface area (Å²) in [5, 5.41) is 0. The van der Waals surface area contributed by atoms with Crippen molar-refractivity contribution in [1.29, 1.82) is 0 Å². The van der Waals surface area contributed by atoms with Crippen molar-refractivity contribution in [3.8, 4) is 11.5 Å². The van der Waals surface area contributed by atoms with Gasteiger partial charge >= 0.3 is 0 Å². The maximum Gasteiger partial charge on any atom is 0.231 e. The molecule has 26 heavy (non-hydrogen) atoms. The Morgan fingerprint density at radius 1 is 1.08 bits per heavy atom. The van der Waals surface area contributed by atoms with Gasteiger partial charge in [-0.2, -0.15) is 0 Å². The van der Waals surface area contributed by atoms with Crippen LogP contribution in [0.15, 0.2) is 30.6 Å². The molecule has 0 N–H and O–H groups in total. The molecule has 0 bridgehead atoms. The first kappa shape index (κ1) is 17.2. The summed E-state index contributed by atoms with van der Waals surface area (Å²) in [6, 6.07) is 6.16. The Morgan fingerprint density at radius 2 is 1.88 bits per heavy atom. The highest BCUT2D eigenvalue weighted by Gasteiger charge is 2.21. The van der Waals surface area contributed by atoms with Crippen LogP contribution in [0.3, 0.4) is 0 Å². The molecule has 3 heterocycles. The van der Waals surface area contributed by atoms with Gasteiger partial charge < -0.3 is 14.2 Å². The zero-order valence-corrected chi connectivity index (χ0v) is 15.2. The van der Waals surface area contributed by atoms with Crippen molar-refractivity contribution in [3.05, 3.63) is 47.5 Å². The number of hydrogen-bond donors (Lipinski definition) is 0. The molecule has 0 aliphatic carbocycles. The fraction of sp³-hybridized carbons (Fsp3) is 0.500. The molecule has 138 valence electrons. The number of rotatable bonds is 7. The average Bonchev–Trinajstić information content (AvgIpc) is 3.33. The monoisotopic (exact) mass is 355 g/mol. The number of aryl methyl sites for hydroxylation is 1. The lowest BCUT2D eigenvalue weighted by Gasteiger charge is -2.25. The largest absolute Gasteiger partial charge is 0.454 e. The SMILES string of the molecule is CCc1ncc(CN(Cc2ccc3c(c2)OCO3)C[C@H]2CCCO2)cn1. The summed E-state index contributed by atoms with van der Waals surface area (Å²) in [5.41, 5.74) is 2.33. The number of fused-ring (bicyclic) bond motifs is 1. The predicted octanol–water partition coefficient (Wildman–Crippen LogP) is 2.95. The van der Waals surface area contributed by atoms with Gasteiger partial charge in [-0.15, -0.1) is 0 Å². The lowest BCUT2D eigenvalue weighted by Crippen LogP contribution is -2.31. The lowest BCUT2D eigenvalue weighted by atomic mass is 10.1. The fourth-order valence-corrected chi connectivity index (χ4v) is 3.46. The summed E-state index contributed by atoms with van der Waals surface area (Å²) < 4.78 is 16.8. The minimum absolute atomic E-state index is 0.305. The number of nitrogens with zero attached hydrogens (tertiary/aromatic N) is 3. The molecular formula is C20H25N3O3. The third-order valence-corrected chi connectivity index (χ3v) is 4.81. The summed E-state index contributed by atoms with van der Waals surface area (Å²) in [6.07, 6.45) is 7.32. The van der Waals surface area contributed by atoms with Crippen LogP contribution in [0, 0.1) is 0 Å². The molecule has 2 aromatic rings. The Labute approximate surface area is 154 Å². The average molecular weight is 355 g/mol. The van der Waals surface area contributed by atoms with Gasteiger partial charge in [-0.05, 0) is 30.5 Å². The molecular weight excluding hydrogens is 330 g/mol. The molecule has 0 saturated carbocycles. The van der Waals surface area contributed by atoms with E-state index in [1.54, 1.807) is 0 Å². The van der Waals surface area contributed by atoms with Gasteiger partial charge in [0.25, 0.3) is 0 Å². The minimum Gasteiger partial charge on any atom is -0.454 e. The predicted molar refractivity (Wildman–Crippen MR) is 97.1 cm³/mol. The second-order valence-electron chi connectivity index (χ2n) is 6.85. The second kappa shape index (κ2) is 8.01. The van der Waals surface area contributed by atoms with Crippen LogP contribution in [0.4, 0.5) is 0 Å². The summed E-state index contributed by atoms with van der Waals surface area (Å²) in [7, 11) is 0. The Balaban J connectivity index is 1.47. The van der Waals surface area contributed by atoms with Crippen LogP contribution in [0.1, 0.15) is 36.7 Å². The van der Waals surface area contributed by atoms with Crippen LogP contribution < -0.4 is 9.47 Å². The quantitative estimate of drug-likeness (QED) is 0.761. The standard InChI is InChI=1S/C20H25N3O3/c1-2-20-21-9-16(10-22-20)12-23(13-17-4-3-7-24-17)11-15-5-6-18-19(8-15)26-14-25-18/h5-6,8-10,17H,2-4,7,11-14H2,1H3/t17-/m1/s1. The van der Waals surface area contributed by atoms with E-state index in [0.717, 1.165) is 68.4 Å². The van der Waals surface area contributed by atoms with E-state index in [-0.39, 0.29) is 0 Å². The van der Waals surface area contributed by atoms with Crippen LogP contribution in [-0.4, -0.2) is 40.9 Å². The van der Waals surface area contributed by atoms with Gasteiger partial charge in [0.1, 0.15) is 5.82 Å². The molecule has 1 fully saturated rings. The first-order valence-electron chi connectivity index (χ1n) is 9.32. The maximum absolute atomic E-state index is 5.85. The molecule has 2 aliphatic heterocycles. The molecule has 6 heteroatoms. The Hall–Kier alpha value is -2.18. The van der Waals surface area contributed by atoms with E-state index in [9.17, 15) is 0 Å². The fourth-order valence-electron chi connectivity index (χ4n) is 3.46. The van der Waals surface area contributed by atoms with Crippen molar-refractivity contribution in [1.82, 2.24) is 14.9 Å². The van der Waals surface area contributed by atoms with Crippen molar-refractivity contribution in [2.45, 2.75) is 45.4 Å². The van der Waals surface area contributed by atoms with Gasteiger partial charge in [0.2, 0.25) is 6.79 Å². The highest BCUT2D eigenvalue weighted by atomic mass is 16.7. The third kappa shape index (κ3) is 4.14. The van der Waals surface area contributed by atoms with Crippen LogP contribution in [-0.2, 0) is 24.2 Å². The van der Waals surface area contributed by atoms with E-state index in [4.69, 9.17) is 14.2 Å². The number of ether oxygens (including phenoxy) is 3. The highest BCUT2D eigenvalue weighted by molar-refractivity contribution is 5.44. The van der Waals surface area contributed by atoms with Gasteiger partial charge in [0.15, 0.2) is 11.5 Å². The van der Waals surface area contributed by atoms with Crippen LogP contribution in [0.25, 0.3) is 0 Å². The smallest absolute Gasteiger partial charge is 0.231 e.